The number of rotatable bonds is 43. The lowest BCUT2D eigenvalue weighted by Crippen LogP contribution is -2.46. The number of aliphatic hydroxyl groups is 2. The van der Waals surface area contributed by atoms with E-state index in [1.54, 1.807) is 0 Å². The highest BCUT2D eigenvalue weighted by Crippen LogP contribution is 2.17. The van der Waals surface area contributed by atoms with Gasteiger partial charge in [-0.25, -0.2) is 0 Å². The van der Waals surface area contributed by atoms with Gasteiger partial charge in [-0.1, -0.05) is 213 Å². The summed E-state index contributed by atoms with van der Waals surface area (Å²) in [6.45, 7) is 6.45. The van der Waals surface area contributed by atoms with Crippen molar-refractivity contribution in [2.24, 2.45) is 0 Å². The Morgan fingerprint density at radius 2 is 0.907 bits per heavy atom. The van der Waals surface area contributed by atoms with Gasteiger partial charge in [0.2, 0.25) is 5.91 Å². The van der Waals surface area contributed by atoms with Crippen molar-refractivity contribution in [1.82, 2.24) is 5.32 Å². The van der Waals surface area contributed by atoms with E-state index in [0.29, 0.717) is 19.3 Å². The third-order valence-corrected chi connectivity index (χ3v) is 11.1. The van der Waals surface area contributed by atoms with Crippen molar-refractivity contribution in [3.8, 4) is 0 Å². The van der Waals surface area contributed by atoms with Crippen molar-refractivity contribution in [2.45, 2.75) is 277 Å². The summed E-state index contributed by atoms with van der Waals surface area (Å²) in [6.07, 6.45) is 45.6. The van der Waals surface area contributed by atoms with Gasteiger partial charge in [0.15, 0.2) is 0 Å². The van der Waals surface area contributed by atoms with Crippen LogP contribution in [0.4, 0.5) is 0 Å². The number of esters is 1. The van der Waals surface area contributed by atoms with E-state index in [-0.39, 0.29) is 24.9 Å². The predicted octanol–water partition coefficient (Wildman–Crippen LogP) is 13.8. The molecule has 0 heterocycles. The molecule has 0 fully saturated rings. The van der Waals surface area contributed by atoms with E-state index in [1.807, 2.05) is 0 Å². The number of hydrogen-bond acceptors (Lipinski definition) is 5. The number of unbranched alkanes of at least 4 members (excludes halogenated alkanes) is 29. The zero-order chi connectivity index (χ0) is 39.6. The molecule has 6 heteroatoms. The van der Waals surface area contributed by atoms with E-state index >= 15 is 0 Å². The molecule has 6 nitrogen and oxygen atoms in total. The lowest BCUT2D eigenvalue weighted by molar-refractivity contribution is -0.151. The van der Waals surface area contributed by atoms with Crippen LogP contribution < -0.4 is 5.32 Å². The van der Waals surface area contributed by atoms with Gasteiger partial charge < -0.3 is 20.3 Å². The first-order valence-electron chi connectivity index (χ1n) is 23.9. The molecule has 0 aliphatic rings. The van der Waals surface area contributed by atoms with Gasteiger partial charge in [0, 0.05) is 6.42 Å². The van der Waals surface area contributed by atoms with E-state index in [1.165, 1.54) is 161 Å². The van der Waals surface area contributed by atoms with Crippen molar-refractivity contribution >= 4 is 11.9 Å². The Kier molecular flexibility index (Phi) is 41.6. The van der Waals surface area contributed by atoms with E-state index in [0.717, 1.165) is 51.4 Å². The fourth-order valence-electron chi connectivity index (χ4n) is 7.43. The Bertz CT molecular complexity index is 817. The zero-order valence-corrected chi connectivity index (χ0v) is 36.4. The van der Waals surface area contributed by atoms with Crippen LogP contribution in [0.1, 0.15) is 258 Å². The van der Waals surface area contributed by atoms with Gasteiger partial charge in [0.05, 0.1) is 25.2 Å². The molecule has 0 radical (unpaired) electrons. The number of hydrogen-bond donors (Lipinski definition) is 3. The molecule has 0 rings (SSSR count). The van der Waals surface area contributed by atoms with Crippen molar-refractivity contribution < 1.29 is 24.5 Å². The highest BCUT2D eigenvalue weighted by atomic mass is 16.5. The van der Waals surface area contributed by atoms with Gasteiger partial charge in [-0.05, 0) is 44.9 Å². The average molecular weight is 764 g/mol. The standard InChI is InChI=1S/C48H93NO5/c1-4-7-10-13-16-19-21-22-23-24-26-29-31-34-37-40-46(51)45(43-50)49-47(52)42-44(39-36-33-30-28-25-20-17-14-11-8-5-2)54-48(53)41-38-35-32-27-18-15-12-9-6-3/h28,30,44-46,50-51H,4-27,29,31-43H2,1-3H3,(H,49,52)/b30-28-. The Labute approximate surface area is 336 Å². The number of carbonyl (C=O) groups excluding carboxylic acids is 2. The summed E-state index contributed by atoms with van der Waals surface area (Å²) in [7, 11) is 0. The maximum Gasteiger partial charge on any atom is 0.306 e. The van der Waals surface area contributed by atoms with Gasteiger partial charge >= 0.3 is 5.97 Å². The lowest BCUT2D eigenvalue weighted by Gasteiger charge is -2.24. The van der Waals surface area contributed by atoms with Crippen molar-refractivity contribution in [1.29, 1.82) is 0 Å². The summed E-state index contributed by atoms with van der Waals surface area (Å²) in [5, 5.41) is 23.7. The third kappa shape index (κ3) is 37.5. The number of nitrogens with one attached hydrogen (secondary N) is 1. The summed E-state index contributed by atoms with van der Waals surface area (Å²) in [6, 6.07) is -0.702. The van der Waals surface area contributed by atoms with Crippen LogP contribution in [0.2, 0.25) is 0 Å². The van der Waals surface area contributed by atoms with Crippen molar-refractivity contribution in [2.75, 3.05) is 6.61 Å². The van der Waals surface area contributed by atoms with Gasteiger partial charge in [0.25, 0.3) is 0 Å². The van der Waals surface area contributed by atoms with E-state index in [4.69, 9.17) is 4.74 Å². The molecule has 54 heavy (non-hydrogen) atoms. The van der Waals surface area contributed by atoms with Gasteiger partial charge in [0.1, 0.15) is 6.10 Å². The molecule has 3 unspecified atom stereocenters. The molecule has 0 aliphatic heterocycles. The molecule has 0 saturated carbocycles. The fourth-order valence-corrected chi connectivity index (χ4v) is 7.43. The van der Waals surface area contributed by atoms with Crippen LogP contribution in [-0.2, 0) is 14.3 Å². The van der Waals surface area contributed by atoms with Gasteiger partial charge in [-0.2, -0.15) is 0 Å². The molecule has 0 bridgehead atoms. The van der Waals surface area contributed by atoms with E-state index in [2.05, 4.69) is 38.2 Å². The minimum Gasteiger partial charge on any atom is -0.462 e. The second-order valence-electron chi connectivity index (χ2n) is 16.5. The molecule has 1 amide bonds. The maximum atomic E-state index is 13.1. The Balaban J connectivity index is 4.49. The van der Waals surface area contributed by atoms with Crippen LogP contribution in [0.5, 0.6) is 0 Å². The number of amides is 1. The van der Waals surface area contributed by atoms with Crippen LogP contribution in [-0.4, -0.2) is 46.9 Å². The molecular weight excluding hydrogens is 671 g/mol. The maximum absolute atomic E-state index is 13.1. The first-order valence-corrected chi connectivity index (χ1v) is 23.9. The first-order chi connectivity index (χ1) is 26.5. The van der Waals surface area contributed by atoms with Gasteiger partial charge in [-0.15, -0.1) is 0 Å². The smallest absolute Gasteiger partial charge is 0.306 e. The largest absolute Gasteiger partial charge is 0.462 e. The minimum absolute atomic E-state index is 0.0627. The van der Waals surface area contributed by atoms with Crippen molar-refractivity contribution in [3.05, 3.63) is 12.2 Å². The number of carbonyl (C=O) groups is 2. The third-order valence-electron chi connectivity index (χ3n) is 11.1. The molecule has 0 aliphatic carbocycles. The quantitative estimate of drug-likeness (QED) is 0.0326. The highest BCUT2D eigenvalue weighted by molar-refractivity contribution is 5.77. The monoisotopic (exact) mass is 764 g/mol. The first kappa shape index (κ1) is 52.6. The highest BCUT2D eigenvalue weighted by Gasteiger charge is 2.24. The topological polar surface area (TPSA) is 95.9 Å². The van der Waals surface area contributed by atoms with Crippen LogP contribution in [0.15, 0.2) is 12.2 Å². The Hall–Kier alpha value is -1.40. The molecule has 0 aromatic heterocycles. The lowest BCUT2D eigenvalue weighted by atomic mass is 10.0. The Morgan fingerprint density at radius 3 is 1.35 bits per heavy atom. The summed E-state index contributed by atoms with van der Waals surface area (Å²) < 4.78 is 5.87. The summed E-state index contributed by atoms with van der Waals surface area (Å²) >= 11 is 0. The van der Waals surface area contributed by atoms with Crippen LogP contribution >= 0.6 is 0 Å². The summed E-state index contributed by atoms with van der Waals surface area (Å²) in [5.41, 5.74) is 0. The van der Waals surface area contributed by atoms with E-state index < -0.39 is 18.2 Å². The SMILES string of the molecule is CCCCCCCC/C=C\CCCC(CC(=O)NC(CO)C(O)CCCCCCCCCCCCCCCCC)OC(=O)CCCCCCCCCCC. The minimum atomic E-state index is -0.787. The second-order valence-corrected chi connectivity index (χ2v) is 16.5. The number of ether oxygens (including phenoxy) is 1. The molecule has 0 aromatic rings. The number of aliphatic hydroxyl groups excluding tert-OH is 2. The Morgan fingerprint density at radius 1 is 0.519 bits per heavy atom. The number of allylic oxidation sites excluding steroid dienone is 2. The molecule has 3 atom stereocenters. The van der Waals surface area contributed by atoms with E-state index in [9.17, 15) is 19.8 Å². The normalized spacial score (nSPS) is 13.4. The second kappa shape index (κ2) is 42.7. The predicted molar refractivity (Wildman–Crippen MR) is 232 cm³/mol. The molecule has 3 N–H and O–H groups in total. The van der Waals surface area contributed by atoms with Crippen LogP contribution in [0.25, 0.3) is 0 Å². The van der Waals surface area contributed by atoms with Gasteiger partial charge in [-0.3, -0.25) is 9.59 Å². The summed E-state index contributed by atoms with van der Waals surface area (Å²) in [5.74, 6) is -0.495. The fraction of sp³-hybridized carbons (Fsp3) is 0.917. The molecule has 0 saturated heterocycles. The zero-order valence-electron chi connectivity index (χ0n) is 36.4. The molecular formula is C48H93NO5. The summed E-state index contributed by atoms with van der Waals surface area (Å²) in [4.78, 5) is 25.9. The average Bonchev–Trinajstić information content (AvgIpc) is 3.16. The van der Waals surface area contributed by atoms with Crippen LogP contribution in [0.3, 0.4) is 0 Å². The molecule has 0 aromatic carbocycles. The van der Waals surface area contributed by atoms with Crippen LogP contribution in [0, 0.1) is 0 Å². The van der Waals surface area contributed by atoms with Crippen molar-refractivity contribution in [3.63, 3.8) is 0 Å². The molecule has 0 spiro atoms. The molecule has 320 valence electrons.